The summed E-state index contributed by atoms with van der Waals surface area (Å²) >= 11 is 6.46. The smallest absolute Gasteiger partial charge is 0.312 e. The second-order valence-electron chi connectivity index (χ2n) is 10.3. The van der Waals surface area contributed by atoms with Gasteiger partial charge in [-0.1, -0.05) is 25.0 Å². The van der Waals surface area contributed by atoms with Crippen LogP contribution in [0, 0.1) is 5.92 Å². The average Bonchev–Trinajstić information content (AvgIpc) is 3.65. The first-order valence-electron chi connectivity index (χ1n) is 12.9. The molecule has 6 rings (SSSR count). The van der Waals surface area contributed by atoms with E-state index in [1.54, 1.807) is 18.3 Å². The van der Waals surface area contributed by atoms with E-state index in [1.165, 1.54) is 25.0 Å². The number of aliphatic imine (C=N–C) groups is 1. The summed E-state index contributed by atoms with van der Waals surface area (Å²) in [4.78, 5) is 21.2. The summed E-state index contributed by atoms with van der Waals surface area (Å²) in [5.74, 6) is 0.384. The second kappa shape index (κ2) is 9.51. The number of hydrogen-bond donors (Lipinski definition) is 0. The van der Waals surface area contributed by atoms with Gasteiger partial charge in [0.25, 0.3) is 0 Å². The Morgan fingerprint density at radius 2 is 1.73 bits per heavy atom. The fraction of sp³-hybridized carbons (Fsp3) is 0.481. The molecule has 0 N–H and O–H groups in total. The molecule has 0 amide bonds. The average molecular weight is 529 g/mol. The summed E-state index contributed by atoms with van der Waals surface area (Å²) in [5, 5.41) is 0.189. The molecule has 1 unspecified atom stereocenters. The predicted molar refractivity (Wildman–Crippen MR) is 137 cm³/mol. The van der Waals surface area contributed by atoms with Crippen LogP contribution >= 0.6 is 11.6 Å². The summed E-state index contributed by atoms with van der Waals surface area (Å²) in [6.45, 7) is 1.55. The molecular weight excluding hydrogens is 501 g/mol. The molecule has 37 heavy (non-hydrogen) atoms. The zero-order valence-electron chi connectivity index (χ0n) is 20.3. The van der Waals surface area contributed by atoms with E-state index < -0.39 is 17.4 Å². The third-order valence-corrected chi connectivity index (χ3v) is 8.22. The number of allylic oxidation sites excluding steroid dienone is 1. The van der Waals surface area contributed by atoms with Gasteiger partial charge in [-0.15, -0.1) is 0 Å². The van der Waals surface area contributed by atoms with E-state index in [-0.39, 0.29) is 5.28 Å². The topological polar surface area (TPSA) is 59.2 Å². The lowest BCUT2D eigenvalue weighted by Gasteiger charge is -2.41. The van der Waals surface area contributed by atoms with Gasteiger partial charge < -0.3 is 4.57 Å². The normalized spacial score (nSPS) is 23.6. The minimum Gasteiger partial charge on any atom is -0.312 e. The van der Waals surface area contributed by atoms with Crippen LogP contribution in [-0.4, -0.2) is 43.7 Å². The monoisotopic (exact) mass is 528 g/mol. The number of fused-ring (bicyclic) bond motifs is 1. The van der Waals surface area contributed by atoms with E-state index in [4.69, 9.17) is 21.6 Å². The molecule has 3 aromatic rings. The predicted octanol–water partition coefficient (Wildman–Crippen LogP) is 6.36. The maximum absolute atomic E-state index is 12.9. The third kappa shape index (κ3) is 4.56. The van der Waals surface area contributed by atoms with Crippen LogP contribution < -0.4 is 0 Å². The van der Waals surface area contributed by atoms with Crippen molar-refractivity contribution in [3.8, 4) is 0 Å². The Morgan fingerprint density at radius 1 is 1.00 bits per heavy atom. The highest BCUT2D eigenvalue weighted by molar-refractivity contribution is 6.28. The number of halogens is 4. The highest BCUT2D eigenvalue weighted by Gasteiger charge is 2.43. The molecule has 1 saturated carbocycles. The van der Waals surface area contributed by atoms with Gasteiger partial charge in [0.15, 0.2) is 11.3 Å². The van der Waals surface area contributed by atoms with Gasteiger partial charge in [-0.2, -0.15) is 18.2 Å². The van der Waals surface area contributed by atoms with Gasteiger partial charge in [-0.25, -0.2) is 9.97 Å². The van der Waals surface area contributed by atoms with E-state index in [9.17, 15) is 13.2 Å². The standard InChI is InChI=1S/C27H28ClF3N6/c28-25-34-23(22-24(35-25)37(17-32-22)21-4-1-2-5-21)26(12-3-13-33-26)36-14-10-19(11-15-36)16-18-6-8-20(9-7-18)27(29,30)31/h3,6-9,12-13,17,19,21H,1-2,4-5,10-11,14-16H2. The summed E-state index contributed by atoms with van der Waals surface area (Å²) < 4.78 is 40.9. The van der Waals surface area contributed by atoms with E-state index in [0.717, 1.165) is 61.9 Å². The van der Waals surface area contributed by atoms with Crippen LogP contribution in [0.2, 0.25) is 5.28 Å². The summed E-state index contributed by atoms with van der Waals surface area (Å²) in [5.41, 5.74) is 1.72. The molecule has 10 heteroatoms. The zero-order chi connectivity index (χ0) is 25.6. The SMILES string of the molecule is FC(F)(F)c1ccc(CC2CCN(C3(c4nc(Cl)nc5c4ncn5C4CCCC4)C=CC=N3)CC2)cc1. The van der Waals surface area contributed by atoms with Crippen molar-refractivity contribution < 1.29 is 13.2 Å². The van der Waals surface area contributed by atoms with Crippen molar-refractivity contribution in [2.45, 2.75) is 62.8 Å². The maximum Gasteiger partial charge on any atom is 0.416 e. The first-order chi connectivity index (χ1) is 17.8. The van der Waals surface area contributed by atoms with Crippen LogP contribution in [0.4, 0.5) is 13.2 Å². The highest BCUT2D eigenvalue weighted by atomic mass is 35.5. The third-order valence-electron chi connectivity index (χ3n) is 8.05. The van der Waals surface area contributed by atoms with E-state index in [0.29, 0.717) is 17.7 Å². The Balaban J connectivity index is 1.23. The van der Waals surface area contributed by atoms with Gasteiger partial charge in [0.1, 0.15) is 11.2 Å². The van der Waals surface area contributed by atoms with E-state index >= 15 is 0 Å². The van der Waals surface area contributed by atoms with Crippen LogP contribution in [0.5, 0.6) is 0 Å². The fourth-order valence-corrected chi connectivity index (χ4v) is 6.26. The number of aromatic nitrogens is 4. The van der Waals surface area contributed by atoms with Crippen molar-refractivity contribution in [3.63, 3.8) is 0 Å². The largest absolute Gasteiger partial charge is 0.416 e. The fourth-order valence-electron chi connectivity index (χ4n) is 6.09. The van der Waals surface area contributed by atoms with Gasteiger partial charge >= 0.3 is 6.18 Å². The second-order valence-corrected chi connectivity index (χ2v) is 10.6. The number of imidazole rings is 1. The van der Waals surface area contributed by atoms with Gasteiger partial charge in [0, 0.05) is 25.3 Å². The first kappa shape index (κ1) is 24.6. The van der Waals surface area contributed by atoms with Gasteiger partial charge in [-0.3, -0.25) is 9.89 Å². The molecule has 0 spiro atoms. The molecule has 1 aliphatic carbocycles. The number of rotatable bonds is 5. The Labute approximate surface area is 218 Å². The number of benzene rings is 1. The minimum atomic E-state index is -4.31. The molecular formula is C27H28ClF3N6. The summed E-state index contributed by atoms with van der Waals surface area (Å²) in [6, 6.07) is 5.92. The van der Waals surface area contributed by atoms with Crippen molar-refractivity contribution in [1.82, 2.24) is 24.4 Å². The number of alkyl halides is 3. The van der Waals surface area contributed by atoms with Crippen LogP contribution in [0.15, 0.2) is 47.7 Å². The Bertz CT molecular complexity index is 1320. The molecule has 6 nitrogen and oxygen atoms in total. The first-order valence-corrected chi connectivity index (χ1v) is 13.3. The number of hydrogen-bond acceptors (Lipinski definition) is 5. The molecule has 2 aliphatic heterocycles. The van der Waals surface area contributed by atoms with Gasteiger partial charge in [-0.05, 0) is 79.5 Å². The zero-order valence-corrected chi connectivity index (χ0v) is 21.1. The summed E-state index contributed by atoms with van der Waals surface area (Å²) in [7, 11) is 0. The van der Waals surface area contributed by atoms with E-state index in [2.05, 4.69) is 25.5 Å². The highest BCUT2D eigenvalue weighted by Crippen LogP contribution is 2.41. The molecule has 0 bridgehead atoms. The van der Waals surface area contributed by atoms with Crippen LogP contribution in [0.25, 0.3) is 11.2 Å². The van der Waals surface area contributed by atoms with Crippen LogP contribution in [0.3, 0.4) is 0 Å². The van der Waals surface area contributed by atoms with Crippen molar-refractivity contribution in [2.75, 3.05) is 13.1 Å². The molecule has 0 radical (unpaired) electrons. The number of piperidine rings is 1. The lowest BCUT2D eigenvalue weighted by molar-refractivity contribution is -0.137. The molecule has 2 aromatic heterocycles. The number of likely N-dealkylation sites (tertiary alicyclic amines) is 1. The summed E-state index contributed by atoms with van der Waals surface area (Å²) in [6.07, 6.45) is 10.5. The molecule has 1 saturated heterocycles. The Morgan fingerprint density at radius 3 is 2.38 bits per heavy atom. The molecule has 194 valence electrons. The molecule has 3 aliphatic rings. The van der Waals surface area contributed by atoms with E-state index in [1.807, 2.05) is 12.4 Å². The lowest BCUT2D eigenvalue weighted by atomic mass is 9.88. The lowest BCUT2D eigenvalue weighted by Crippen LogP contribution is -2.48. The minimum absolute atomic E-state index is 0.189. The van der Waals surface area contributed by atoms with Crippen LogP contribution in [0.1, 0.15) is 61.4 Å². The molecule has 2 fully saturated rings. The van der Waals surface area contributed by atoms with Crippen molar-refractivity contribution in [3.05, 3.63) is 64.8 Å². The molecule has 1 atom stereocenters. The Kier molecular flexibility index (Phi) is 6.31. The van der Waals surface area contributed by atoms with Crippen molar-refractivity contribution in [2.24, 2.45) is 10.9 Å². The molecule has 1 aromatic carbocycles. The van der Waals surface area contributed by atoms with Gasteiger partial charge in [0.2, 0.25) is 5.28 Å². The molecule has 4 heterocycles. The maximum atomic E-state index is 12.9. The number of nitrogens with zero attached hydrogens (tertiary/aromatic N) is 6. The van der Waals surface area contributed by atoms with Crippen molar-refractivity contribution in [1.29, 1.82) is 0 Å². The Hall–Kier alpha value is -2.78. The van der Waals surface area contributed by atoms with Crippen molar-refractivity contribution >= 4 is 29.0 Å². The van der Waals surface area contributed by atoms with Crippen LogP contribution in [-0.2, 0) is 18.3 Å². The quantitative estimate of drug-likeness (QED) is 0.361. The van der Waals surface area contributed by atoms with Gasteiger partial charge in [0.05, 0.1) is 11.9 Å².